The minimum absolute atomic E-state index is 0.207. The Morgan fingerprint density at radius 1 is 1.19 bits per heavy atom. The smallest absolute Gasteiger partial charge is 0.267 e. The van der Waals surface area contributed by atoms with Crippen LogP contribution in [0.4, 0.5) is 5.69 Å². The average Bonchev–Trinajstić information content (AvgIpc) is 3.12. The fourth-order valence-corrected chi connectivity index (χ4v) is 4.04. The van der Waals surface area contributed by atoms with Crippen LogP contribution in [-0.2, 0) is 16.6 Å². The van der Waals surface area contributed by atoms with Gasteiger partial charge in [0, 0.05) is 44.9 Å². The predicted octanol–water partition coefficient (Wildman–Crippen LogP) is 4.50. The second-order valence-corrected chi connectivity index (χ2v) is 10.3. The SMILES string of the molecule is CC(C)(C)S(=O)Cc1cccc(NC(=O)c2cnc(-c3ccncc3)s2)c1. The number of hydrogen-bond acceptors (Lipinski definition) is 5. The van der Waals surface area contributed by atoms with Crippen molar-refractivity contribution in [3.63, 3.8) is 0 Å². The van der Waals surface area contributed by atoms with Gasteiger partial charge in [-0.1, -0.05) is 12.1 Å². The van der Waals surface area contributed by atoms with Crippen molar-refractivity contribution in [2.75, 3.05) is 5.32 Å². The molecule has 0 saturated heterocycles. The molecule has 0 spiro atoms. The van der Waals surface area contributed by atoms with Crippen molar-refractivity contribution >= 4 is 33.7 Å². The highest BCUT2D eigenvalue weighted by molar-refractivity contribution is 7.85. The van der Waals surface area contributed by atoms with Gasteiger partial charge in [-0.2, -0.15) is 0 Å². The summed E-state index contributed by atoms with van der Waals surface area (Å²) in [4.78, 5) is 21.4. The molecule has 1 N–H and O–H groups in total. The maximum atomic E-state index is 12.5. The van der Waals surface area contributed by atoms with E-state index in [1.165, 1.54) is 11.3 Å². The van der Waals surface area contributed by atoms with Crippen LogP contribution < -0.4 is 5.32 Å². The highest BCUT2D eigenvalue weighted by Gasteiger charge is 2.19. The monoisotopic (exact) mass is 399 g/mol. The second kappa shape index (κ2) is 8.10. The molecule has 0 aliphatic heterocycles. The number of rotatable bonds is 5. The lowest BCUT2D eigenvalue weighted by Gasteiger charge is -2.17. The van der Waals surface area contributed by atoms with Crippen LogP contribution in [0.1, 0.15) is 36.0 Å². The van der Waals surface area contributed by atoms with Crippen molar-refractivity contribution in [3.05, 3.63) is 65.4 Å². The van der Waals surface area contributed by atoms with Crippen molar-refractivity contribution < 1.29 is 9.00 Å². The van der Waals surface area contributed by atoms with Crippen molar-refractivity contribution in [2.45, 2.75) is 31.3 Å². The zero-order valence-electron chi connectivity index (χ0n) is 15.4. The highest BCUT2D eigenvalue weighted by atomic mass is 32.2. The molecule has 1 amide bonds. The number of nitrogens with one attached hydrogen (secondary N) is 1. The van der Waals surface area contributed by atoms with Gasteiger partial charge in [-0.3, -0.25) is 14.0 Å². The highest BCUT2D eigenvalue weighted by Crippen LogP contribution is 2.25. The van der Waals surface area contributed by atoms with Crippen LogP contribution in [-0.4, -0.2) is 24.8 Å². The van der Waals surface area contributed by atoms with E-state index < -0.39 is 10.8 Å². The first-order valence-corrected chi connectivity index (χ1v) is 10.6. The summed E-state index contributed by atoms with van der Waals surface area (Å²) in [5, 5.41) is 3.67. The van der Waals surface area contributed by atoms with Crippen molar-refractivity contribution in [2.24, 2.45) is 0 Å². The van der Waals surface area contributed by atoms with Crippen LogP contribution in [0, 0.1) is 0 Å². The maximum Gasteiger partial charge on any atom is 0.267 e. The molecule has 140 valence electrons. The van der Waals surface area contributed by atoms with Crippen molar-refractivity contribution in [1.29, 1.82) is 0 Å². The Bertz CT molecular complexity index is 963. The normalized spacial score (nSPS) is 12.6. The molecule has 0 fully saturated rings. The van der Waals surface area contributed by atoms with E-state index in [0.717, 1.165) is 16.1 Å². The lowest BCUT2D eigenvalue weighted by atomic mass is 10.2. The van der Waals surface area contributed by atoms with Gasteiger partial charge in [-0.05, 0) is 50.6 Å². The Kier molecular flexibility index (Phi) is 5.82. The molecule has 1 aromatic carbocycles. The molecule has 2 aromatic heterocycles. The molecule has 0 radical (unpaired) electrons. The van der Waals surface area contributed by atoms with Gasteiger partial charge >= 0.3 is 0 Å². The van der Waals surface area contributed by atoms with E-state index in [-0.39, 0.29) is 10.7 Å². The lowest BCUT2D eigenvalue weighted by Crippen LogP contribution is -2.23. The molecule has 3 aromatic rings. The summed E-state index contributed by atoms with van der Waals surface area (Å²) >= 11 is 1.33. The summed E-state index contributed by atoms with van der Waals surface area (Å²) in [6.07, 6.45) is 4.97. The zero-order chi connectivity index (χ0) is 19.4. The zero-order valence-corrected chi connectivity index (χ0v) is 17.1. The van der Waals surface area contributed by atoms with Gasteiger partial charge < -0.3 is 5.32 Å². The number of anilines is 1. The Labute approximate surface area is 165 Å². The Morgan fingerprint density at radius 3 is 2.63 bits per heavy atom. The molecule has 2 heterocycles. The third-order valence-electron chi connectivity index (χ3n) is 3.82. The summed E-state index contributed by atoms with van der Waals surface area (Å²) in [6.45, 7) is 5.87. The molecule has 7 heteroatoms. The standard InChI is InChI=1S/C20H21N3O2S2/c1-20(2,3)27(25)13-14-5-4-6-16(11-14)23-18(24)17-12-22-19(26-17)15-7-9-21-10-8-15/h4-12H,13H2,1-3H3,(H,23,24). The number of nitrogens with zero attached hydrogens (tertiary/aromatic N) is 2. The number of benzene rings is 1. The first-order chi connectivity index (χ1) is 12.8. The van der Waals surface area contributed by atoms with Crippen molar-refractivity contribution in [1.82, 2.24) is 9.97 Å². The maximum absolute atomic E-state index is 12.5. The number of amides is 1. The van der Waals surface area contributed by atoms with E-state index in [0.29, 0.717) is 16.3 Å². The third-order valence-corrected chi connectivity index (χ3v) is 6.83. The molecular weight excluding hydrogens is 378 g/mol. The summed E-state index contributed by atoms with van der Waals surface area (Å²) < 4.78 is 12.1. The van der Waals surface area contributed by atoms with Gasteiger partial charge in [0.25, 0.3) is 5.91 Å². The van der Waals surface area contributed by atoms with Crippen LogP contribution in [0.5, 0.6) is 0 Å². The van der Waals surface area contributed by atoms with Crippen LogP contribution in [0.15, 0.2) is 55.0 Å². The van der Waals surface area contributed by atoms with E-state index in [1.54, 1.807) is 18.6 Å². The molecular formula is C20H21N3O2S2. The number of hydrogen-bond donors (Lipinski definition) is 1. The third kappa shape index (κ3) is 5.08. The first kappa shape index (κ1) is 19.4. The fourth-order valence-electron chi connectivity index (χ4n) is 2.31. The van der Waals surface area contributed by atoms with E-state index in [4.69, 9.17) is 0 Å². The fraction of sp³-hybridized carbons (Fsp3) is 0.250. The largest absolute Gasteiger partial charge is 0.321 e. The number of pyridine rings is 1. The molecule has 0 aliphatic carbocycles. The van der Waals surface area contributed by atoms with Gasteiger partial charge in [0.15, 0.2) is 0 Å². The molecule has 5 nitrogen and oxygen atoms in total. The molecule has 3 rings (SSSR count). The van der Waals surface area contributed by atoms with E-state index in [2.05, 4.69) is 15.3 Å². The number of thiazole rings is 1. The van der Waals surface area contributed by atoms with Crippen LogP contribution in [0.25, 0.3) is 10.6 Å². The molecule has 1 unspecified atom stereocenters. The topological polar surface area (TPSA) is 72.0 Å². The Morgan fingerprint density at radius 2 is 1.93 bits per heavy atom. The molecule has 27 heavy (non-hydrogen) atoms. The van der Waals surface area contributed by atoms with Crippen LogP contribution in [0.2, 0.25) is 0 Å². The molecule has 0 bridgehead atoms. The predicted molar refractivity (Wildman–Crippen MR) is 111 cm³/mol. The van der Waals surface area contributed by atoms with E-state index in [1.807, 2.05) is 57.2 Å². The molecule has 0 saturated carbocycles. The quantitative estimate of drug-likeness (QED) is 0.685. The summed E-state index contributed by atoms with van der Waals surface area (Å²) in [6, 6.07) is 11.2. The minimum Gasteiger partial charge on any atom is -0.321 e. The first-order valence-electron chi connectivity index (χ1n) is 8.48. The van der Waals surface area contributed by atoms with Crippen LogP contribution in [0.3, 0.4) is 0 Å². The van der Waals surface area contributed by atoms with Gasteiger partial charge in [0.1, 0.15) is 9.88 Å². The van der Waals surface area contributed by atoms with Gasteiger partial charge in [0.05, 0.1) is 6.20 Å². The number of carbonyl (C=O) groups excluding carboxylic acids is 1. The summed E-state index contributed by atoms with van der Waals surface area (Å²) in [5.41, 5.74) is 2.55. The second-order valence-electron chi connectivity index (χ2n) is 7.02. The van der Waals surface area contributed by atoms with Gasteiger partial charge in [-0.15, -0.1) is 11.3 Å². The molecule has 1 atom stereocenters. The Balaban J connectivity index is 1.71. The lowest BCUT2D eigenvalue weighted by molar-refractivity contribution is 0.103. The summed E-state index contributed by atoms with van der Waals surface area (Å²) in [7, 11) is -0.989. The summed E-state index contributed by atoms with van der Waals surface area (Å²) in [5.74, 6) is 0.252. The van der Waals surface area contributed by atoms with Gasteiger partial charge in [0.2, 0.25) is 0 Å². The van der Waals surface area contributed by atoms with E-state index in [9.17, 15) is 9.00 Å². The number of aromatic nitrogens is 2. The van der Waals surface area contributed by atoms with Gasteiger partial charge in [-0.25, -0.2) is 4.98 Å². The minimum atomic E-state index is -0.989. The molecule has 0 aliphatic rings. The van der Waals surface area contributed by atoms with E-state index >= 15 is 0 Å². The van der Waals surface area contributed by atoms with Crippen molar-refractivity contribution in [3.8, 4) is 10.6 Å². The average molecular weight is 400 g/mol. The van der Waals surface area contributed by atoms with Crippen LogP contribution >= 0.6 is 11.3 Å². The Hall–Kier alpha value is -2.38. The number of carbonyl (C=O) groups is 1.